The molecule has 0 radical (unpaired) electrons. The highest BCUT2D eigenvalue weighted by Crippen LogP contribution is 2.42. The van der Waals surface area contributed by atoms with Gasteiger partial charge in [-0.2, -0.15) is 0 Å². The topological polar surface area (TPSA) is 76.2 Å². The van der Waals surface area contributed by atoms with E-state index in [0.29, 0.717) is 42.8 Å². The van der Waals surface area contributed by atoms with Gasteiger partial charge in [-0.1, -0.05) is 20.8 Å². The van der Waals surface area contributed by atoms with E-state index in [9.17, 15) is 4.79 Å². The zero-order chi connectivity index (χ0) is 21.4. The smallest absolute Gasteiger partial charge is 0.313 e. The van der Waals surface area contributed by atoms with Gasteiger partial charge in [-0.25, -0.2) is 14.3 Å². The number of aromatic nitrogens is 3. The first kappa shape index (κ1) is 20.9. The molecule has 1 saturated carbocycles. The molecule has 2 unspecified atom stereocenters. The van der Waals surface area contributed by atoms with E-state index in [0.717, 1.165) is 37.4 Å². The Balaban J connectivity index is 1.66. The van der Waals surface area contributed by atoms with E-state index >= 15 is 0 Å². The van der Waals surface area contributed by atoms with Crippen LogP contribution < -0.4 is 4.74 Å². The van der Waals surface area contributed by atoms with Crippen LogP contribution in [0.2, 0.25) is 0 Å². The van der Waals surface area contributed by atoms with Crippen molar-refractivity contribution in [3.63, 3.8) is 0 Å². The predicted molar refractivity (Wildman–Crippen MR) is 112 cm³/mol. The van der Waals surface area contributed by atoms with E-state index in [-0.39, 0.29) is 23.7 Å². The third-order valence-electron chi connectivity index (χ3n) is 6.56. The number of carbonyl (C=O) groups excluding carboxylic acids is 1. The highest BCUT2D eigenvalue weighted by atomic mass is 16.5. The molecule has 0 amide bonds. The number of ether oxygens (including phenoxy) is 2. The minimum absolute atomic E-state index is 0.155. The lowest BCUT2D eigenvalue weighted by atomic mass is 9.69. The third-order valence-corrected chi connectivity index (χ3v) is 6.56. The molecule has 162 valence electrons. The van der Waals surface area contributed by atoms with Crippen LogP contribution in [0.3, 0.4) is 0 Å². The minimum atomic E-state index is -0.238. The van der Waals surface area contributed by atoms with Crippen LogP contribution in [0.4, 0.5) is 5.69 Å². The predicted octanol–water partition coefficient (Wildman–Crippen LogP) is 3.58. The first-order valence-electron chi connectivity index (χ1n) is 10.9. The summed E-state index contributed by atoms with van der Waals surface area (Å²) in [5.74, 6) is 1.76. The lowest BCUT2D eigenvalue weighted by molar-refractivity contribution is -0.144. The number of hydrogen-bond donors (Lipinski definition) is 1. The molecule has 0 bridgehead atoms. The summed E-state index contributed by atoms with van der Waals surface area (Å²) in [6.45, 7) is 19.7. The molecule has 1 aliphatic heterocycles. The van der Waals surface area contributed by atoms with E-state index in [1.807, 2.05) is 6.92 Å². The maximum absolute atomic E-state index is 13.2. The zero-order valence-electron chi connectivity index (χ0n) is 18.3. The van der Waals surface area contributed by atoms with Gasteiger partial charge in [-0.15, -0.1) is 0 Å². The molecule has 8 nitrogen and oxygen atoms in total. The van der Waals surface area contributed by atoms with Gasteiger partial charge in [-0.05, 0) is 37.5 Å². The van der Waals surface area contributed by atoms with Gasteiger partial charge in [-0.3, -0.25) is 14.8 Å². The second kappa shape index (κ2) is 8.40. The van der Waals surface area contributed by atoms with Gasteiger partial charge in [0.15, 0.2) is 11.4 Å². The summed E-state index contributed by atoms with van der Waals surface area (Å²) in [7, 11) is 0. The van der Waals surface area contributed by atoms with Crippen LogP contribution in [0.15, 0.2) is 0 Å². The van der Waals surface area contributed by atoms with Crippen molar-refractivity contribution in [2.24, 2.45) is 23.7 Å². The summed E-state index contributed by atoms with van der Waals surface area (Å²) in [4.78, 5) is 23.7. The molecule has 4 rings (SSSR count). The van der Waals surface area contributed by atoms with Gasteiger partial charge in [0.2, 0.25) is 0 Å². The van der Waals surface area contributed by atoms with Crippen LogP contribution in [0.25, 0.3) is 10.5 Å². The normalized spacial score (nSPS) is 27.8. The molecule has 1 aliphatic carbocycles. The number of nitrogens with one attached hydrogen (secondary N) is 1. The Morgan fingerprint density at radius 2 is 1.93 bits per heavy atom. The Hall–Kier alpha value is -2.37. The molecule has 30 heavy (non-hydrogen) atoms. The average molecular weight is 414 g/mol. The van der Waals surface area contributed by atoms with Gasteiger partial charge in [0.1, 0.15) is 5.82 Å². The monoisotopic (exact) mass is 413 g/mol. The Morgan fingerprint density at radius 1 is 1.27 bits per heavy atom. The van der Waals surface area contributed by atoms with Crippen LogP contribution in [0, 0.1) is 37.2 Å². The number of rotatable bonds is 4. The van der Waals surface area contributed by atoms with Gasteiger partial charge in [0, 0.05) is 19.6 Å². The molecular weight excluding hydrogens is 382 g/mol. The second-order valence-corrected chi connectivity index (χ2v) is 9.07. The highest BCUT2D eigenvalue weighted by molar-refractivity contribution is 5.84. The molecule has 2 fully saturated rings. The summed E-state index contributed by atoms with van der Waals surface area (Å²) in [5.41, 5.74) is 1.67. The van der Waals surface area contributed by atoms with Crippen LogP contribution in [0.5, 0.6) is 5.75 Å². The molecular formula is C22H31N5O3. The number of nitrogens with zero attached hydrogens (tertiary/aromatic N) is 4. The molecule has 2 atom stereocenters. The molecule has 2 aromatic heterocycles. The summed E-state index contributed by atoms with van der Waals surface area (Å²) in [5, 5.41) is 3.20. The average Bonchev–Trinajstić information content (AvgIpc) is 3.18. The first-order valence-corrected chi connectivity index (χ1v) is 10.9. The fraction of sp³-hybridized carbons (Fsp3) is 0.682. The van der Waals surface area contributed by atoms with E-state index in [1.54, 1.807) is 4.52 Å². The molecule has 1 saturated heterocycles. The molecule has 8 heteroatoms. The molecule has 0 spiro atoms. The Bertz CT molecular complexity index is 954. The summed E-state index contributed by atoms with van der Waals surface area (Å²) < 4.78 is 13.2. The van der Waals surface area contributed by atoms with Gasteiger partial charge in [0.05, 0.1) is 31.4 Å². The maximum atomic E-state index is 13.2. The van der Waals surface area contributed by atoms with E-state index in [4.69, 9.17) is 16.0 Å². The van der Waals surface area contributed by atoms with E-state index < -0.39 is 0 Å². The minimum Gasteiger partial charge on any atom is -0.434 e. The van der Waals surface area contributed by atoms with Crippen molar-refractivity contribution in [2.75, 3.05) is 26.3 Å². The Kier molecular flexibility index (Phi) is 5.85. The molecule has 2 aromatic rings. The maximum Gasteiger partial charge on any atom is 0.313 e. The Labute approximate surface area is 177 Å². The number of aromatic amines is 1. The van der Waals surface area contributed by atoms with Gasteiger partial charge in [0.25, 0.3) is 5.69 Å². The van der Waals surface area contributed by atoms with Crippen molar-refractivity contribution >= 4 is 17.3 Å². The van der Waals surface area contributed by atoms with Crippen LogP contribution in [-0.4, -0.2) is 51.8 Å². The third kappa shape index (κ3) is 3.84. The lowest BCUT2D eigenvalue weighted by Gasteiger charge is -2.36. The number of carbonyl (C=O) groups is 1. The number of morpholine rings is 1. The summed E-state index contributed by atoms with van der Waals surface area (Å²) in [6, 6.07) is 0. The summed E-state index contributed by atoms with van der Waals surface area (Å²) >= 11 is 0. The molecule has 0 aromatic carbocycles. The van der Waals surface area contributed by atoms with Crippen LogP contribution >= 0.6 is 0 Å². The number of aryl methyl sites for hydroxylation is 1. The highest BCUT2D eigenvalue weighted by Gasteiger charge is 2.38. The SMILES string of the molecule is [C-]#[N+]c1c(OC(=O)C2C(C)CC(C)CC2C)c2nc(C)[nH]n2c1CN1CCOCC1. The van der Waals surface area contributed by atoms with Crippen molar-refractivity contribution in [3.8, 4) is 5.75 Å². The fourth-order valence-electron chi connectivity index (χ4n) is 5.32. The summed E-state index contributed by atoms with van der Waals surface area (Å²) in [6.07, 6.45) is 2.05. The number of H-pyrrole nitrogens is 1. The van der Waals surface area contributed by atoms with Crippen molar-refractivity contribution in [3.05, 3.63) is 22.9 Å². The molecule has 1 N–H and O–H groups in total. The molecule has 3 heterocycles. The van der Waals surface area contributed by atoms with E-state index in [1.165, 1.54) is 0 Å². The first-order chi connectivity index (χ1) is 14.4. The number of fused-ring (bicyclic) bond motifs is 1. The zero-order valence-corrected chi connectivity index (χ0v) is 18.3. The number of hydrogen-bond acceptors (Lipinski definition) is 5. The van der Waals surface area contributed by atoms with Gasteiger partial charge >= 0.3 is 5.97 Å². The van der Waals surface area contributed by atoms with Crippen molar-refractivity contribution in [1.29, 1.82) is 0 Å². The van der Waals surface area contributed by atoms with Crippen LogP contribution in [-0.2, 0) is 16.1 Å². The van der Waals surface area contributed by atoms with E-state index in [2.05, 4.69) is 40.6 Å². The quantitative estimate of drug-likeness (QED) is 0.612. The van der Waals surface area contributed by atoms with Crippen molar-refractivity contribution in [1.82, 2.24) is 19.5 Å². The second-order valence-electron chi connectivity index (χ2n) is 9.07. The standard InChI is InChI=1S/C22H31N5O3/c1-13-10-14(2)18(15(3)11-13)22(28)30-20-19(23-5)17(12-26-6-8-29-9-7-26)27-21(20)24-16(4)25-27/h13-15,18H,6-12H2,1-4H3,(H,24,25). The van der Waals surface area contributed by atoms with Crippen LogP contribution in [0.1, 0.15) is 45.1 Å². The van der Waals surface area contributed by atoms with Crippen molar-refractivity contribution in [2.45, 2.75) is 47.1 Å². The Morgan fingerprint density at radius 3 is 2.57 bits per heavy atom. The van der Waals surface area contributed by atoms with Crippen molar-refractivity contribution < 1.29 is 14.3 Å². The lowest BCUT2D eigenvalue weighted by Crippen LogP contribution is -2.37. The fourth-order valence-corrected chi connectivity index (χ4v) is 5.32. The number of esters is 1. The molecule has 2 aliphatic rings. The largest absolute Gasteiger partial charge is 0.434 e. The van der Waals surface area contributed by atoms with Gasteiger partial charge < -0.3 is 9.47 Å².